The van der Waals surface area contributed by atoms with Crippen LogP contribution in [0.15, 0.2) is 59.2 Å². The number of rotatable bonds is 3. The van der Waals surface area contributed by atoms with Gasteiger partial charge in [0.05, 0.1) is 5.52 Å². The minimum absolute atomic E-state index is 0.0184. The second-order valence-corrected chi connectivity index (χ2v) is 5.75. The Morgan fingerprint density at radius 3 is 2.76 bits per heavy atom. The Morgan fingerprint density at radius 1 is 1.14 bits per heavy atom. The highest BCUT2D eigenvalue weighted by atomic mass is 79.9. The zero-order valence-corrected chi connectivity index (χ0v) is 13.2. The molecule has 1 unspecified atom stereocenters. The van der Waals surface area contributed by atoms with Gasteiger partial charge in [-0.1, -0.05) is 28.1 Å². The van der Waals surface area contributed by atoms with Crippen molar-refractivity contribution >= 4 is 26.8 Å². The van der Waals surface area contributed by atoms with E-state index in [2.05, 4.69) is 20.9 Å². The van der Waals surface area contributed by atoms with Gasteiger partial charge in [0.15, 0.2) is 0 Å². The van der Waals surface area contributed by atoms with E-state index in [9.17, 15) is 0 Å². The highest BCUT2D eigenvalue weighted by Gasteiger charge is 2.08. The predicted octanol–water partition coefficient (Wildman–Crippen LogP) is 4.81. The Kier molecular flexibility index (Phi) is 3.90. The average molecular weight is 343 g/mol. The Bertz CT molecular complexity index is 781. The van der Waals surface area contributed by atoms with Crippen LogP contribution >= 0.6 is 15.9 Å². The van der Waals surface area contributed by atoms with Crippen LogP contribution in [0.2, 0.25) is 0 Å². The van der Waals surface area contributed by atoms with E-state index in [1.165, 1.54) is 0 Å². The maximum absolute atomic E-state index is 6.00. The van der Waals surface area contributed by atoms with Gasteiger partial charge >= 0.3 is 0 Å². The first-order chi connectivity index (χ1) is 10.1. The standard InChI is InChI=1S/C17H15BrN2O/c1-11(19)13-8-7-12(10-15(13)18)21-17-6-2-5-16-14(17)4-3-9-20-16/h2-11H,19H2,1H3. The van der Waals surface area contributed by atoms with Crippen molar-refractivity contribution < 1.29 is 4.74 Å². The van der Waals surface area contributed by atoms with E-state index in [4.69, 9.17) is 10.5 Å². The minimum Gasteiger partial charge on any atom is -0.457 e. The first kappa shape index (κ1) is 14.0. The Hall–Kier alpha value is -1.91. The quantitative estimate of drug-likeness (QED) is 0.742. The van der Waals surface area contributed by atoms with Gasteiger partial charge in [0.25, 0.3) is 0 Å². The Labute approximate surface area is 131 Å². The van der Waals surface area contributed by atoms with Crippen molar-refractivity contribution in [2.45, 2.75) is 13.0 Å². The second kappa shape index (κ2) is 5.84. The van der Waals surface area contributed by atoms with Gasteiger partial charge in [0.1, 0.15) is 11.5 Å². The van der Waals surface area contributed by atoms with Crippen LogP contribution in [0.25, 0.3) is 10.9 Å². The summed E-state index contributed by atoms with van der Waals surface area (Å²) >= 11 is 3.54. The summed E-state index contributed by atoms with van der Waals surface area (Å²) in [4.78, 5) is 4.33. The third kappa shape index (κ3) is 2.91. The molecule has 0 saturated heterocycles. The number of pyridine rings is 1. The second-order valence-electron chi connectivity index (χ2n) is 4.90. The van der Waals surface area contributed by atoms with Gasteiger partial charge in [-0.3, -0.25) is 4.98 Å². The molecule has 1 atom stereocenters. The number of ether oxygens (including phenoxy) is 1. The van der Waals surface area contributed by atoms with Crippen LogP contribution in [0, 0.1) is 0 Å². The smallest absolute Gasteiger partial charge is 0.136 e. The molecule has 0 aliphatic heterocycles. The van der Waals surface area contributed by atoms with Crippen molar-refractivity contribution in [2.75, 3.05) is 0 Å². The summed E-state index contributed by atoms with van der Waals surface area (Å²) in [6, 6.07) is 15.6. The van der Waals surface area contributed by atoms with E-state index in [0.29, 0.717) is 0 Å². The van der Waals surface area contributed by atoms with Crippen LogP contribution in [-0.2, 0) is 0 Å². The van der Waals surface area contributed by atoms with Crippen molar-refractivity contribution in [2.24, 2.45) is 5.73 Å². The lowest BCUT2D eigenvalue weighted by Crippen LogP contribution is -2.05. The Balaban J connectivity index is 1.97. The van der Waals surface area contributed by atoms with Gasteiger partial charge in [0, 0.05) is 22.1 Å². The van der Waals surface area contributed by atoms with E-state index in [1.807, 2.05) is 55.5 Å². The lowest BCUT2D eigenvalue weighted by molar-refractivity contribution is 0.487. The molecule has 1 aromatic heterocycles. The number of nitrogens with two attached hydrogens (primary N) is 1. The number of hydrogen-bond donors (Lipinski definition) is 1. The molecular weight excluding hydrogens is 328 g/mol. The van der Waals surface area contributed by atoms with Crippen LogP contribution in [0.3, 0.4) is 0 Å². The van der Waals surface area contributed by atoms with E-state index >= 15 is 0 Å². The molecule has 2 aromatic carbocycles. The lowest BCUT2D eigenvalue weighted by Gasteiger charge is -2.12. The van der Waals surface area contributed by atoms with Crippen molar-refractivity contribution in [3.05, 3.63) is 64.8 Å². The van der Waals surface area contributed by atoms with Crippen molar-refractivity contribution in [1.82, 2.24) is 4.98 Å². The van der Waals surface area contributed by atoms with Crippen LogP contribution in [0.4, 0.5) is 0 Å². The lowest BCUT2D eigenvalue weighted by atomic mass is 10.1. The molecule has 0 aliphatic rings. The molecule has 3 nitrogen and oxygen atoms in total. The first-order valence-corrected chi connectivity index (χ1v) is 7.51. The molecule has 3 aromatic rings. The molecule has 0 radical (unpaired) electrons. The van der Waals surface area contributed by atoms with Gasteiger partial charge in [-0.05, 0) is 48.9 Å². The van der Waals surface area contributed by atoms with E-state index < -0.39 is 0 Å². The molecule has 3 rings (SSSR count). The SMILES string of the molecule is CC(N)c1ccc(Oc2cccc3ncccc23)cc1Br. The molecule has 0 bridgehead atoms. The number of fused-ring (bicyclic) bond motifs is 1. The third-order valence-electron chi connectivity index (χ3n) is 3.30. The van der Waals surface area contributed by atoms with Crippen LogP contribution in [0.5, 0.6) is 11.5 Å². The van der Waals surface area contributed by atoms with Crippen LogP contribution < -0.4 is 10.5 Å². The molecule has 0 saturated carbocycles. The first-order valence-electron chi connectivity index (χ1n) is 6.72. The van der Waals surface area contributed by atoms with E-state index in [0.717, 1.165) is 32.4 Å². The maximum Gasteiger partial charge on any atom is 0.136 e. The number of hydrogen-bond acceptors (Lipinski definition) is 3. The summed E-state index contributed by atoms with van der Waals surface area (Å²) < 4.78 is 6.95. The molecule has 21 heavy (non-hydrogen) atoms. The van der Waals surface area contributed by atoms with Crippen molar-refractivity contribution in [3.63, 3.8) is 0 Å². The minimum atomic E-state index is -0.0184. The zero-order chi connectivity index (χ0) is 14.8. The molecule has 2 N–H and O–H groups in total. The van der Waals surface area contributed by atoms with Gasteiger partial charge in [0.2, 0.25) is 0 Å². The number of halogens is 1. The fourth-order valence-corrected chi connectivity index (χ4v) is 2.95. The summed E-state index contributed by atoms with van der Waals surface area (Å²) in [6.07, 6.45) is 1.78. The third-order valence-corrected chi connectivity index (χ3v) is 3.98. The number of benzene rings is 2. The van der Waals surface area contributed by atoms with Gasteiger partial charge in [-0.15, -0.1) is 0 Å². The Morgan fingerprint density at radius 2 is 2.00 bits per heavy atom. The molecule has 106 valence electrons. The number of aromatic nitrogens is 1. The molecule has 0 amide bonds. The average Bonchev–Trinajstić information content (AvgIpc) is 2.47. The molecule has 1 heterocycles. The maximum atomic E-state index is 6.00. The largest absolute Gasteiger partial charge is 0.457 e. The van der Waals surface area contributed by atoms with Crippen molar-refractivity contribution in [3.8, 4) is 11.5 Å². The molecule has 0 spiro atoms. The van der Waals surface area contributed by atoms with Gasteiger partial charge in [-0.2, -0.15) is 0 Å². The fourth-order valence-electron chi connectivity index (χ4n) is 2.23. The molecule has 0 fully saturated rings. The summed E-state index contributed by atoms with van der Waals surface area (Å²) in [5.74, 6) is 1.56. The summed E-state index contributed by atoms with van der Waals surface area (Å²) in [6.45, 7) is 1.96. The van der Waals surface area contributed by atoms with E-state index in [1.54, 1.807) is 6.20 Å². The summed E-state index contributed by atoms with van der Waals surface area (Å²) in [7, 11) is 0. The molecule has 0 aliphatic carbocycles. The van der Waals surface area contributed by atoms with E-state index in [-0.39, 0.29) is 6.04 Å². The predicted molar refractivity (Wildman–Crippen MR) is 88.6 cm³/mol. The fraction of sp³-hybridized carbons (Fsp3) is 0.118. The highest BCUT2D eigenvalue weighted by molar-refractivity contribution is 9.10. The van der Waals surface area contributed by atoms with Crippen LogP contribution in [-0.4, -0.2) is 4.98 Å². The zero-order valence-electron chi connectivity index (χ0n) is 11.6. The topological polar surface area (TPSA) is 48.1 Å². The summed E-state index contributed by atoms with van der Waals surface area (Å²) in [5.41, 5.74) is 7.89. The summed E-state index contributed by atoms with van der Waals surface area (Å²) in [5, 5.41) is 0.993. The van der Waals surface area contributed by atoms with Gasteiger partial charge in [-0.25, -0.2) is 0 Å². The normalized spacial score (nSPS) is 12.3. The number of nitrogens with zero attached hydrogens (tertiary/aromatic N) is 1. The van der Waals surface area contributed by atoms with Gasteiger partial charge < -0.3 is 10.5 Å². The van der Waals surface area contributed by atoms with Crippen LogP contribution in [0.1, 0.15) is 18.5 Å². The highest BCUT2D eigenvalue weighted by Crippen LogP contribution is 2.32. The molecule has 4 heteroatoms. The molecular formula is C17H15BrN2O. The monoisotopic (exact) mass is 342 g/mol. The van der Waals surface area contributed by atoms with Crippen molar-refractivity contribution in [1.29, 1.82) is 0 Å².